The van der Waals surface area contributed by atoms with Crippen LogP contribution in [0.25, 0.3) is 11.3 Å². The Morgan fingerprint density at radius 1 is 0.895 bits per heavy atom. The number of aromatic nitrogens is 3. The Morgan fingerprint density at radius 2 is 1.61 bits per heavy atom. The number of nitrogen functional groups attached to an aromatic ring is 1. The first-order chi connectivity index (χ1) is 36.0. The van der Waals surface area contributed by atoms with Crippen LogP contribution in [0.2, 0.25) is 0 Å². The van der Waals surface area contributed by atoms with Gasteiger partial charge >= 0.3 is 25.0 Å². The second-order valence-corrected chi connectivity index (χ2v) is 22.2. The Balaban J connectivity index is 0.00000765. The molecule has 20 heteroatoms. The molecule has 19 nitrogen and oxygen atoms in total. The number of anilines is 4. The standard InChI is InChI=1S/C56H74N10O9.Li/c1-55(2,3)75-54(71)64-27-21-41(22-28-64)73-42-30-43(31-42)74-49-29-38(20-25-58-49)66-39-18-19-40(66)34-65(33-39)47-32-46(61-62-50(47)57)44-11-6-7-13-48(44)72-35-36-14-16-37(17-15-36)59-51(67)45(12-8-9-26-63(4)5)60-52(68)56(53(69)70)23-10-24-56;/h6-7,11,13-17,20,25,29,32,39-43,45H,8-10,12,18-19,21-24,26-28,30-31,33-35H2,1-5H3,(H2,57,62)(H,59,67)(H,60,68)(H,69,70);/q;+1/p-1/t39-,40-,42?,43?,45+;/m1./s1. The third-order valence-corrected chi connectivity index (χ3v) is 15.2. The third-order valence-electron chi connectivity index (χ3n) is 15.2. The number of carbonyl (C=O) groups excluding carboxylic acids is 4. The van der Waals surface area contributed by atoms with Crippen LogP contribution in [-0.2, 0) is 30.5 Å². The van der Waals surface area contributed by atoms with Crippen LogP contribution in [-0.4, -0.2) is 138 Å². The SMILES string of the molecule is CN(C)CCCC[C@H](NC(=O)C1(C(=O)[O-])CCC1)C(=O)Nc1ccc(COc2ccccc2-c2cc(N3C[C@H]4CC[C@H](C3)N4c3ccnc(OC4CC(OC5CCN(C(=O)OC(C)(C)C)CC5)C4)c3)c(N)nn2)cc1.[Li+]. The largest absolute Gasteiger partial charge is 1.00 e. The topological polar surface area (TPSA) is 230 Å². The number of nitrogens with zero attached hydrogens (tertiary/aromatic N) is 7. The average Bonchev–Trinajstić information content (AvgIpc) is 3.62. The predicted octanol–water partition coefficient (Wildman–Crippen LogP) is 2.96. The molecule has 76 heavy (non-hydrogen) atoms. The Bertz CT molecular complexity index is 2640. The number of amides is 3. The Hall–Kier alpha value is -6.13. The number of fused-ring (bicyclic) bond motifs is 2. The van der Waals surface area contributed by atoms with Gasteiger partial charge in [0, 0.05) is 80.3 Å². The van der Waals surface area contributed by atoms with Gasteiger partial charge in [0.1, 0.15) is 30.1 Å². The summed E-state index contributed by atoms with van der Waals surface area (Å²) >= 11 is 0. The zero-order valence-electron chi connectivity index (χ0n) is 45.0. The van der Waals surface area contributed by atoms with Gasteiger partial charge in [0.15, 0.2) is 5.82 Å². The molecule has 4 aromatic rings. The van der Waals surface area contributed by atoms with Crippen LogP contribution >= 0.6 is 0 Å². The average molecular weight is 1040 g/mol. The van der Waals surface area contributed by atoms with E-state index < -0.39 is 34.8 Å². The monoisotopic (exact) mass is 1040 g/mol. The number of hydrogen-bond acceptors (Lipinski definition) is 16. The Kier molecular flexibility index (Phi) is 18.1. The zero-order chi connectivity index (χ0) is 52.9. The van der Waals surface area contributed by atoms with E-state index in [9.17, 15) is 24.3 Å². The van der Waals surface area contributed by atoms with E-state index in [2.05, 4.69) is 47.7 Å². The fraction of sp³-hybridized carbons (Fsp3) is 0.554. The van der Waals surface area contributed by atoms with E-state index in [1.165, 1.54) is 0 Å². The molecule has 3 atom stereocenters. The first kappa shape index (κ1) is 56.1. The number of carboxylic acid groups (broad SMARTS) is 1. The van der Waals surface area contributed by atoms with Crippen molar-refractivity contribution in [1.29, 1.82) is 0 Å². The summed E-state index contributed by atoms with van der Waals surface area (Å²) in [7, 11) is 3.94. The van der Waals surface area contributed by atoms with Crippen molar-refractivity contribution in [3.8, 4) is 22.9 Å². The minimum Gasteiger partial charge on any atom is -0.549 e. The van der Waals surface area contributed by atoms with Gasteiger partial charge in [-0.25, -0.2) is 9.78 Å². The molecule has 5 heterocycles. The van der Waals surface area contributed by atoms with E-state index in [4.69, 9.17) is 24.7 Å². The van der Waals surface area contributed by atoms with Crippen LogP contribution in [0.15, 0.2) is 72.9 Å². The van der Waals surface area contributed by atoms with Crippen LogP contribution in [0.1, 0.15) is 103 Å². The van der Waals surface area contributed by atoms with Gasteiger partial charge in [-0.1, -0.05) is 30.7 Å². The number of para-hydroxylation sites is 1. The molecule has 2 aromatic heterocycles. The van der Waals surface area contributed by atoms with E-state index in [1.54, 1.807) is 17.0 Å². The number of piperidine rings is 1. The zero-order valence-corrected chi connectivity index (χ0v) is 45.0. The summed E-state index contributed by atoms with van der Waals surface area (Å²) in [6.45, 7) is 9.49. The van der Waals surface area contributed by atoms with E-state index >= 15 is 0 Å². The van der Waals surface area contributed by atoms with E-state index in [1.807, 2.05) is 88.4 Å². The fourth-order valence-corrected chi connectivity index (χ4v) is 10.9. The minimum absolute atomic E-state index is 0. The molecule has 4 N–H and O–H groups in total. The molecule has 3 saturated heterocycles. The van der Waals surface area contributed by atoms with Gasteiger partial charge < -0.3 is 64.8 Å². The maximum atomic E-state index is 13.6. The van der Waals surface area contributed by atoms with Crippen molar-refractivity contribution in [2.45, 2.75) is 146 Å². The third kappa shape index (κ3) is 13.5. The van der Waals surface area contributed by atoms with Crippen molar-refractivity contribution < 1.29 is 62.1 Å². The molecule has 0 unspecified atom stereocenters. The number of nitrogens with two attached hydrogens (primary N) is 1. The number of rotatable bonds is 20. The van der Waals surface area contributed by atoms with Gasteiger partial charge in [-0.3, -0.25) is 9.59 Å². The molecular formula is C56H73LiN10O9. The van der Waals surface area contributed by atoms with Crippen LogP contribution in [0.3, 0.4) is 0 Å². The number of carbonyl (C=O) groups is 4. The molecule has 3 aliphatic heterocycles. The number of piperazine rings is 1. The van der Waals surface area contributed by atoms with Gasteiger partial charge in [0.2, 0.25) is 17.7 Å². The molecular weight excluding hydrogens is 964 g/mol. The number of carboxylic acids is 1. The number of pyridine rings is 1. The molecule has 5 aliphatic rings. The molecule has 2 bridgehead atoms. The van der Waals surface area contributed by atoms with Gasteiger partial charge in [0.25, 0.3) is 0 Å². The van der Waals surface area contributed by atoms with Crippen LogP contribution < -0.4 is 59.6 Å². The van der Waals surface area contributed by atoms with Gasteiger partial charge in [-0.05, 0) is 141 Å². The van der Waals surface area contributed by atoms with Crippen LogP contribution in [0, 0.1) is 5.41 Å². The molecule has 2 aromatic carbocycles. The van der Waals surface area contributed by atoms with E-state index in [0.29, 0.717) is 61.2 Å². The summed E-state index contributed by atoms with van der Waals surface area (Å²) in [5.41, 5.74) is 9.21. The van der Waals surface area contributed by atoms with Crippen LogP contribution in [0.4, 0.5) is 27.7 Å². The number of likely N-dealkylation sites (tertiary alicyclic amines) is 1. The first-order valence-electron chi connectivity index (χ1n) is 26.7. The molecule has 2 aliphatic carbocycles. The van der Waals surface area contributed by atoms with Crippen molar-refractivity contribution in [1.82, 2.24) is 30.3 Å². The summed E-state index contributed by atoms with van der Waals surface area (Å²) in [5.74, 6) is -0.872. The molecule has 9 rings (SSSR count). The molecule has 2 saturated carbocycles. The molecule has 0 radical (unpaired) electrons. The number of unbranched alkanes of at least 4 members (excludes halogenated alkanes) is 1. The van der Waals surface area contributed by atoms with Gasteiger partial charge in [-0.15, -0.1) is 10.2 Å². The smallest absolute Gasteiger partial charge is 0.549 e. The van der Waals surface area contributed by atoms with Gasteiger partial charge in [-0.2, -0.15) is 0 Å². The minimum atomic E-state index is -1.58. The maximum absolute atomic E-state index is 13.6. The van der Waals surface area contributed by atoms with Crippen molar-refractivity contribution in [2.75, 3.05) is 67.7 Å². The molecule has 5 fully saturated rings. The van der Waals surface area contributed by atoms with E-state index in [-0.39, 0.29) is 74.8 Å². The number of ether oxygens (including phenoxy) is 4. The fourth-order valence-electron chi connectivity index (χ4n) is 10.9. The van der Waals surface area contributed by atoms with E-state index in [0.717, 1.165) is 87.1 Å². The number of benzene rings is 2. The number of aliphatic carboxylic acids is 1. The van der Waals surface area contributed by atoms with Crippen molar-refractivity contribution in [3.63, 3.8) is 0 Å². The first-order valence-corrected chi connectivity index (χ1v) is 26.7. The molecule has 3 amide bonds. The molecule has 0 spiro atoms. The second-order valence-electron chi connectivity index (χ2n) is 22.2. The quantitative estimate of drug-likeness (QED) is 0.0657. The van der Waals surface area contributed by atoms with Crippen molar-refractivity contribution in [3.05, 3.63) is 78.5 Å². The summed E-state index contributed by atoms with van der Waals surface area (Å²) in [5, 5.41) is 26.5. The summed E-state index contributed by atoms with van der Waals surface area (Å²) in [4.78, 5) is 64.4. The molecule has 402 valence electrons. The predicted molar refractivity (Wildman–Crippen MR) is 282 cm³/mol. The second kappa shape index (κ2) is 24.5. The van der Waals surface area contributed by atoms with Crippen LogP contribution in [0.5, 0.6) is 11.6 Å². The van der Waals surface area contributed by atoms with Crippen molar-refractivity contribution >= 4 is 46.8 Å². The van der Waals surface area contributed by atoms with Crippen molar-refractivity contribution in [2.24, 2.45) is 5.41 Å². The summed E-state index contributed by atoms with van der Waals surface area (Å²) in [6, 6.07) is 20.7. The normalized spacial score (nSPS) is 21.4. The Labute approximate surface area is 458 Å². The summed E-state index contributed by atoms with van der Waals surface area (Å²) in [6.07, 6.45) is 10.0. The Morgan fingerprint density at radius 3 is 2.26 bits per heavy atom. The maximum Gasteiger partial charge on any atom is 1.00 e. The number of hydrogen-bond donors (Lipinski definition) is 3. The summed E-state index contributed by atoms with van der Waals surface area (Å²) < 4.78 is 24.7. The number of nitrogens with one attached hydrogen (secondary N) is 2. The van der Waals surface area contributed by atoms with Gasteiger partial charge in [0.05, 0.1) is 35.0 Å².